The van der Waals surface area contributed by atoms with Crippen LogP contribution >= 0.6 is 11.9 Å². The molecule has 0 spiro atoms. The molecule has 0 radical (unpaired) electrons. The Balaban J connectivity index is 1.70. The van der Waals surface area contributed by atoms with Crippen molar-refractivity contribution in [3.05, 3.63) is 83.8 Å². The van der Waals surface area contributed by atoms with E-state index in [1.165, 1.54) is 0 Å². The molecule has 3 rings (SSSR count). The van der Waals surface area contributed by atoms with Gasteiger partial charge in [0.05, 0.1) is 25.0 Å². The van der Waals surface area contributed by atoms with Crippen molar-refractivity contribution in [2.45, 2.75) is 31.3 Å². The van der Waals surface area contributed by atoms with Gasteiger partial charge in [-0.15, -0.1) is 0 Å². The van der Waals surface area contributed by atoms with Crippen LogP contribution in [0.15, 0.2) is 76.2 Å². The molecule has 0 unspecified atom stereocenters. The van der Waals surface area contributed by atoms with Crippen LogP contribution in [0.25, 0.3) is 0 Å². The fourth-order valence-corrected chi connectivity index (χ4v) is 3.58. The molecule has 5 nitrogen and oxygen atoms in total. The number of carbonyl (C=O) groups is 1. The minimum absolute atomic E-state index is 0.282. The van der Waals surface area contributed by atoms with Crippen molar-refractivity contribution in [2.75, 3.05) is 6.61 Å². The van der Waals surface area contributed by atoms with E-state index >= 15 is 0 Å². The maximum atomic E-state index is 11.0. The first kappa shape index (κ1) is 20.0. The first-order valence-corrected chi connectivity index (χ1v) is 9.92. The SMILES string of the molecule is CCCOc1ccc(CN(Cc2ccco2)Sc2ccc(C(=O)O)cc2)cc1. The fraction of sp³-hybridized carbons (Fsp3) is 0.227. The van der Waals surface area contributed by atoms with Crippen molar-refractivity contribution in [3.63, 3.8) is 0 Å². The van der Waals surface area contributed by atoms with Gasteiger partial charge in [0.1, 0.15) is 11.5 Å². The summed E-state index contributed by atoms with van der Waals surface area (Å²) in [6.45, 7) is 4.14. The van der Waals surface area contributed by atoms with E-state index in [0.29, 0.717) is 19.7 Å². The van der Waals surface area contributed by atoms with Crippen LogP contribution in [-0.4, -0.2) is 22.0 Å². The van der Waals surface area contributed by atoms with Gasteiger partial charge >= 0.3 is 5.97 Å². The van der Waals surface area contributed by atoms with Gasteiger partial charge in [-0.25, -0.2) is 9.10 Å². The highest BCUT2D eigenvalue weighted by Crippen LogP contribution is 2.27. The number of nitrogens with zero attached hydrogens (tertiary/aromatic N) is 1. The van der Waals surface area contributed by atoms with Gasteiger partial charge in [-0.3, -0.25) is 0 Å². The highest BCUT2D eigenvalue weighted by molar-refractivity contribution is 7.97. The third-order valence-corrected chi connectivity index (χ3v) is 5.00. The average molecular weight is 397 g/mol. The van der Waals surface area contributed by atoms with Gasteiger partial charge in [0.25, 0.3) is 0 Å². The molecule has 0 saturated carbocycles. The molecule has 0 aliphatic carbocycles. The van der Waals surface area contributed by atoms with Crippen LogP contribution < -0.4 is 4.74 Å². The molecule has 0 aliphatic rings. The summed E-state index contributed by atoms with van der Waals surface area (Å²) in [5, 5.41) is 9.06. The molecule has 0 fully saturated rings. The van der Waals surface area contributed by atoms with E-state index in [0.717, 1.165) is 28.4 Å². The lowest BCUT2D eigenvalue weighted by molar-refractivity contribution is 0.0697. The standard InChI is InChI=1S/C22H23NO4S/c1-2-13-26-19-9-5-17(6-10-19)15-23(16-20-4-3-14-27-20)28-21-11-7-18(8-12-21)22(24)25/h3-12,14H,2,13,15-16H2,1H3,(H,24,25). The Bertz CT molecular complexity index is 861. The number of hydrogen-bond donors (Lipinski definition) is 1. The highest BCUT2D eigenvalue weighted by atomic mass is 32.2. The van der Waals surface area contributed by atoms with Crippen molar-refractivity contribution in [3.8, 4) is 5.75 Å². The van der Waals surface area contributed by atoms with Crippen LogP contribution in [0.1, 0.15) is 35.0 Å². The Morgan fingerprint density at radius 1 is 1.07 bits per heavy atom. The number of aromatic carboxylic acids is 1. The largest absolute Gasteiger partial charge is 0.494 e. The monoisotopic (exact) mass is 397 g/mol. The molecule has 28 heavy (non-hydrogen) atoms. The molecule has 0 saturated heterocycles. The maximum Gasteiger partial charge on any atom is 0.335 e. The smallest absolute Gasteiger partial charge is 0.335 e. The minimum atomic E-state index is -0.922. The normalized spacial score (nSPS) is 10.9. The molecule has 0 bridgehead atoms. The predicted octanol–water partition coefficient (Wildman–Crippen LogP) is 5.48. The summed E-state index contributed by atoms with van der Waals surface area (Å²) in [5.74, 6) is 0.826. The summed E-state index contributed by atoms with van der Waals surface area (Å²) < 4.78 is 13.3. The molecule has 3 aromatic rings. The van der Waals surface area contributed by atoms with Gasteiger partial charge in [0.2, 0.25) is 0 Å². The van der Waals surface area contributed by atoms with E-state index in [1.807, 2.05) is 36.4 Å². The molecular weight excluding hydrogens is 374 g/mol. The van der Waals surface area contributed by atoms with Crippen LogP contribution in [0, 0.1) is 0 Å². The topological polar surface area (TPSA) is 62.9 Å². The maximum absolute atomic E-state index is 11.0. The number of benzene rings is 2. The molecular formula is C22H23NO4S. The number of ether oxygens (including phenoxy) is 1. The number of furan rings is 1. The van der Waals surface area contributed by atoms with Crippen LogP contribution in [0.3, 0.4) is 0 Å². The third-order valence-electron chi connectivity index (χ3n) is 4.00. The zero-order chi connectivity index (χ0) is 19.8. The molecule has 6 heteroatoms. The first-order chi connectivity index (χ1) is 13.6. The molecule has 146 valence electrons. The summed E-state index contributed by atoms with van der Waals surface area (Å²) in [6, 6.07) is 18.8. The summed E-state index contributed by atoms with van der Waals surface area (Å²) in [6.07, 6.45) is 2.65. The number of hydrogen-bond acceptors (Lipinski definition) is 5. The molecule has 0 aliphatic heterocycles. The lowest BCUT2D eigenvalue weighted by Gasteiger charge is -2.20. The van der Waals surface area contributed by atoms with Gasteiger partial charge in [-0.1, -0.05) is 19.1 Å². The molecule has 2 aromatic carbocycles. The van der Waals surface area contributed by atoms with Gasteiger partial charge in [0.15, 0.2) is 0 Å². The first-order valence-electron chi connectivity index (χ1n) is 9.14. The summed E-state index contributed by atoms with van der Waals surface area (Å²) >= 11 is 1.57. The molecule has 0 atom stereocenters. The van der Waals surface area contributed by atoms with E-state index in [1.54, 1.807) is 30.3 Å². The second kappa shape index (κ2) is 10.0. The number of rotatable bonds is 10. The summed E-state index contributed by atoms with van der Waals surface area (Å²) in [4.78, 5) is 12.0. The highest BCUT2D eigenvalue weighted by Gasteiger charge is 2.12. The van der Waals surface area contributed by atoms with Crippen LogP contribution in [0.2, 0.25) is 0 Å². The quantitative estimate of drug-likeness (QED) is 0.457. The van der Waals surface area contributed by atoms with E-state index < -0.39 is 5.97 Å². The lowest BCUT2D eigenvalue weighted by atomic mass is 10.2. The van der Waals surface area contributed by atoms with Crippen molar-refractivity contribution in [1.82, 2.24) is 4.31 Å². The van der Waals surface area contributed by atoms with Crippen LogP contribution in [-0.2, 0) is 13.1 Å². The Morgan fingerprint density at radius 2 is 1.82 bits per heavy atom. The molecule has 1 aromatic heterocycles. The zero-order valence-electron chi connectivity index (χ0n) is 15.7. The minimum Gasteiger partial charge on any atom is -0.494 e. The van der Waals surface area contributed by atoms with E-state index in [4.69, 9.17) is 14.3 Å². The van der Waals surface area contributed by atoms with Gasteiger partial charge in [-0.05, 0) is 72.5 Å². The Hall–Kier alpha value is -2.70. The number of carboxylic acid groups (broad SMARTS) is 1. The molecule has 1 heterocycles. The summed E-state index contributed by atoms with van der Waals surface area (Å²) in [7, 11) is 0. The van der Waals surface area contributed by atoms with Crippen LogP contribution in [0.4, 0.5) is 0 Å². The second-order valence-electron chi connectivity index (χ2n) is 6.29. The third kappa shape index (κ3) is 5.90. The lowest BCUT2D eigenvalue weighted by Crippen LogP contribution is -2.14. The van der Waals surface area contributed by atoms with E-state index in [2.05, 4.69) is 23.4 Å². The predicted molar refractivity (Wildman–Crippen MR) is 109 cm³/mol. The van der Waals surface area contributed by atoms with Crippen LogP contribution in [0.5, 0.6) is 5.75 Å². The molecule has 1 N–H and O–H groups in total. The Kier molecular flexibility index (Phi) is 7.17. The fourth-order valence-electron chi connectivity index (χ4n) is 2.62. The Labute approximate surface area is 169 Å². The van der Waals surface area contributed by atoms with Gasteiger partial charge in [-0.2, -0.15) is 0 Å². The Morgan fingerprint density at radius 3 is 2.43 bits per heavy atom. The van der Waals surface area contributed by atoms with Crippen molar-refractivity contribution < 1.29 is 19.1 Å². The van der Waals surface area contributed by atoms with Crippen molar-refractivity contribution in [2.24, 2.45) is 0 Å². The molecule has 0 amide bonds. The van der Waals surface area contributed by atoms with Crippen molar-refractivity contribution >= 4 is 17.9 Å². The number of carboxylic acids is 1. The average Bonchev–Trinajstić information content (AvgIpc) is 3.21. The zero-order valence-corrected chi connectivity index (χ0v) is 16.5. The van der Waals surface area contributed by atoms with E-state index in [9.17, 15) is 4.79 Å². The van der Waals surface area contributed by atoms with Crippen molar-refractivity contribution in [1.29, 1.82) is 0 Å². The second-order valence-corrected chi connectivity index (χ2v) is 7.46. The van der Waals surface area contributed by atoms with Gasteiger partial charge in [0, 0.05) is 11.4 Å². The summed E-state index contributed by atoms with van der Waals surface area (Å²) in [5.41, 5.74) is 1.44. The van der Waals surface area contributed by atoms with Gasteiger partial charge < -0.3 is 14.3 Å². The van der Waals surface area contributed by atoms with E-state index in [-0.39, 0.29) is 5.56 Å².